The van der Waals surface area contributed by atoms with Gasteiger partial charge < -0.3 is 18.8 Å². The van der Waals surface area contributed by atoms with Gasteiger partial charge in [0, 0.05) is 37.0 Å². The van der Waals surface area contributed by atoms with Crippen molar-refractivity contribution in [3.8, 4) is 5.75 Å². The van der Waals surface area contributed by atoms with Crippen molar-refractivity contribution in [3.63, 3.8) is 0 Å². The fourth-order valence-corrected chi connectivity index (χ4v) is 14.2. The summed E-state index contributed by atoms with van der Waals surface area (Å²) < 4.78 is 11.3. The van der Waals surface area contributed by atoms with Crippen molar-refractivity contribution in [2.45, 2.75) is 123 Å². The van der Waals surface area contributed by atoms with Crippen LogP contribution >= 0.6 is 13.0 Å². The Kier molecular flexibility index (Phi) is 9.71. The second-order valence-electron chi connectivity index (χ2n) is 17.5. The first-order chi connectivity index (χ1) is 22.9. The Morgan fingerprint density at radius 3 is 2.02 bits per heavy atom. The fourth-order valence-electron chi connectivity index (χ4n) is 12.3. The van der Waals surface area contributed by atoms with Gasteiger partial charge in [0.05, 0.1) is 6.10 Å². The van der Waals surface area contributed by atoms with Gasteiger partial charge in [-0.15, -0.1) is 0 Å². The van der Waals surface area contributed by atoms with E-state index in [1.807, 2.05) is 6.07 Å². The number of hydrogen-bond donors (Lipinski definition) is 2. The normalized spacial score (nSPS) is 43.1. The molecule has 0 aromatic heterocycles. The molecule has 1 aromatic rings. The molecule has 0 amide bonds. The summed E-state index contributed by atoms with van der Waals surface area (Å²) in [7, 11) is 0. The van der Waals surface area contributed by atoms with Gasteiger partial charge in [-0.3, -0.25) is 9.59 Å². The summed E-state index contributed by atoms with van der Waals surface area (Å²) >= 11 is 10.1. The van der Waals surface area contributed by atoms with Crippen LogP contribution in [0.3, 0.4) is 0 Å². The highest BCUT2D eigenvalue weighted by Crippen LogP contribution is 2.65. The molecule has 5 fully saturated rings. The lowest BCUT2D eigenvalue weighted by molar-refractivity contribution is -0.132. The number of carbonyl (C=O) groups excluding carboxylic acids is 2. The van der Waals surface area contributed by atoms with Crippen LogP contribution in [-0.4, -0.2) is 40.8 Å². The summed E-state index contributed by atoms with van der Waals surface area (Å²) in [6.07, 6.45) is 17.1. The number of aryl methyl sites for hydroxylation is 1. The molecule has 1 aromatic carbocycles. The van der Waals surface area contributed by atoms with Crippen LogP contribution in [0.5, 0.6) is 5.75 Å². The molecule has 0 spiro atoms. The SMILES string of the molecule is C[C@]12CC[C@@H]3c4ccc(OP(C)(O)=S)cc4CC[C@H]3[C@@H]1CCC2=O.C[C@]12CC[C@H](OP(C)(O)=S)CC1=CCC1C2CC[C@]2(C)C(=O)CCC12. The lowest BCUT2D eigenvalue weighted by Crippen LogP contribution is -2.50. The molecule has 7 aliphatic carbocycles. The zero-order valence-electron chi connectivity index (χ0n) is 30.0. The van der Waals surface area contributed by atoms with Crippen molar-refractivity contribution in [1.82, 2.24) is 0 Å². The first-order valence-electron chi connectivity index (χ1n) is 18.8. The van der Waals surface area contributed by atoms with Crippen molar-refractivity contribution >= 4 is 48.2 Å². The molecule has 2 N–H and O–H groups in total. The van der Waals surface area contributed by atoms with Gasteiger partial charge in [-0.2, -0.15) is 0 Å². The Morgan fingerprint density at radius 2 is 1.37 bits per heavy atom. The van der Waals surface area contributed by atoms with E-state index in [1.165, 1.54) is 23.1 Å². The number of hydrogen-bond acceptors (Lipinski definition) is 6. The summed E-state index contributed by atoms with van der Waals surface area (Å²) in [6.45, 7) is 4.86. The monoisotopic (exact) mass is 746 g/mol. The molecule has 0 bridgehead atoms. The van der Waals surface area contributed by atoms with E-state index >= 15 is 0 Å². The van der Waals surface area contributed by atoms with Crippen LogP contribution < -0.4 is 4.52 Å². The van der Waals surface area contributed by atoms with Gasteiger partial charge >= 0.3 is 0 Å². The highest BCUT2D eigenvalue weighted by atomic mass is 32.5. The zero-order chi connectivity index (χ0) is 35.1. The molecule has 10 heteroatoms. The maximum Gasteiger partial charge on any atom is 0.232 e. The number of allylic oxidation sites excluding steroid dienone is 1. The van der Waals surface area contributed by atoms with Crippen LogP contribution in [0, 0.1) is 45.8 Å². The minimum atomic E-state index is -2.69. The Balaban J connectivity index is 0.000000154. The fraction of sp³-hybridized carbons (Fsp3) is 0.744. The molecule has 0 saturated heterocycles. The van der Waals surface area contributed by atoms with Crippen LogP contribution in [0.15, 0.2) is 29.8 Å². The predicted molar refractivity (Wildman–Crippen MR) is 203 cm³/mol. The highest BCUT2D eigenvalue weighted by Gasteiger charge is 2.59. The van der Waals surface area contributed by atoms with Gasteiger partial charge in [0.2, 0.25) is 6.49 Å². The minimum absolute atomic E-state index is 0.0469. The quantitative estimate of drug-likeness (QED) is 0.233. The van der Waals surface area contributed by atoms with E-state index in [9.17, 15) is 19.4 Å². The Morgan fingerprint density at radius 1 is 0.755 bits per heavy atom. The summed E-state index contributed by atoms with van der Waals surface area (Å²) in [6, 6.07) is 6.20. The van der Waals surface area contributed by atoms with Gasteiger partial charge in [-0.25, -0.2) is 0 Å². The molecule has 7 aliphatic rings. The summed E-state index contributed by atoms with van der Waals surface area (Å²) in [4.78, 5) is 44.6. The Bertz CT molecular complexity index is 1650. The second-order valence-corrected chi connectivity index (χ2v) is 25.2. The Labute approximate surface area is 303 Å². The highest BCUT2D eigenvalue weighted by molar-refractivity contribution is 8.09. The molecule has 5 unspecified atom stereocenters. The molecule has 5 saturated carbocycles. The van der Waals surface area contributed by atoms with Crippen LogP contribution in [0.25, 0.3) is 0 Å². The number of fused-ring (bicyclic) bond motifs is 10. The largest absolute Gasteiger partial charge is 0.444 e. The third kappa shape index (κ3) is 6.70. The lowest BCUT2D eigenvalue weighted by Gasteiger charge is -2.57. The Hall–Kier alpha value is -0.720. The molecule has 270 valence electrons. The maximum absolute atomic E-state index is 12.5. The molecular weight excluding hydrogens is 691 g/mol. The topological polar surface area (TPSA) is 93.1 Å². The predicted octanol–water partition coefficient (Wildman–Crippen LogP) is 9.26. The molecule has 12 atom stereocenters. The van der Waals surface area contributed by atoms with E-state index in [1.54, 1.807) is 13.3 Å². The molecule has 49 heavy (non-hydrogen) atoms. The molecule has 6 nitrogen and oxygen atoms in total. The van der Waals surface area contributed by atoms with E-state index in [0.29, 0.717) is 52.8 Å². The lowest BCUT2D eigenvalue weighted by atomic mass is 9.48. The van der Waals surface area contributed by atoms with Crippen LogP contribution in [0.4, 0.5) is 0 Å². The maximum atomic E-state index is 12.5. The third-order valence-electron chi connectivity index (χ3n) is 14.8. The van der Waals surface area contributed by atoms with Crippen molar-refractivity contribution < 1.29 is 28.4 Å². The molecular formula is C39H56O6P2S2. The van der Waals surface area contributed by atoms with Gasteiger partial charge in [-0.1, -0.05) is 38.5 Å². The van der Waals surface area contributed by atoms with E-state index in [4.69, 9.17) is 32.7 Å². The molecule has 0 aliphatic heterocycles. The molecule has 8 rings (SSSR count). The smallest absolute Gasteiger partial charge is 0.232 e. The zero-order valence-corrected chi connectivity index (χ0v) is 33.4. The first-order valence-corrected chi connectivity index (χ1v) is 25.0. The van der Waals surface area contributed by atoms with Crippen LogP contribution in [-0.2, 0) is 44.1 Å². The van der Waals surface area contributed by atoms with E-state index in [-0.39, 0.29) is 22.3 Å². The third-order valence-corrected chi connectivity index (χ3v) is 16.5. The van der Waals surface area contributed by atoms with Gasteiger partial charge in [0.25, 0.3) is 0 Å². The van der Waals surface area contributed by atoms with Gasteiger partial charge in [-0.05, 0) is 165 Å². The number of rotatable bonds is 4. The first kappa shape index (κ1) is 36.6. The van der Waals surface area contributed by atoms with Crippen molar-refractivity contribution in [2.75, 3.05) is 13.3 Å². The molecule has 0 radical (unpaired) electrons. The number of carbonyl (C=O) groups is 2. The summed E-state index contributed by atoms with van der Waals surface area (Å²) in [5, 5.41) is 0. The summed E-state index contributed by atoms with van der Waals surface area (Å²) in [5.41, 5.74) is 4.44. The number of ketones is 2. The van der Waals surface area contributed by atoms with Gasteiger partial charge in [0.1, 0.15) is 17.3 Å². The van der Waals surface area contributed by atoms with Crippen LogP contribution in [0.1, 0.15) is 121 Å². The van der Waals surface area contributed by atoms with E-state index in [2.05, 4.69) is 39.0 Å². The standard InChI is InChI=1S/C20H31O3PS.C19H25O3PS/c1-19-10-8-14(23-24(3,22)25)12-13(19)4-5-15-16-6-7-18(21)20(16,2)11-9-17(15)19;1-19-10-9-15-14-6-4-13(22-23(2,21)24)11-12(14)3-5-16(15)17(19)7-8-18(19)20/h4,14-17H,5-12H2,1-3H3,(H,22,25);4,6,11,15-17H,3,5,7-10H2,1-2H3,(H,21,24)/t14-,15?,16?,17?,19-,20-,24?;15-,16-,17+,19+,23?/m01/s1. The van der Waals surface area contributed by atoms with Gasteiger partial charge in [0.15, 0.2) is 6.49 Å². The van der Waals surface area contributed by atoms with Crippen LogP contribution in [0.2, 0.25) is 0 Å². The number of benzene rings is 1. The van der Waals surface area contributed by atoms with Crippen molar-refractivity contribution in [2.24, 2.45) is 45.8 Å². The average Bonchev–Trinajstić information content (AvgIpc) is 3.50. The molecule has 0 heterocycles. The van der Waals surface area contributed by atoms with Crippen molar-refractivity contribution in [1.29, 1.82) is 0 Å². The minimum Gasteiger partial charge on any atom is -0.444 e. The van der Waals surface area contributed by atoms with E-state index in [0.717, 1.165) is 83.5 Å². The van der Waals surface area contributed by atoms with E-state index < -0.39 is 13.0 Å². The summed E-state index contributed by atoms with van der Waals surface area (Å²) in [5.74, 6) is 5.45. The second kappa shape index (κ2) is 13.0. The average molecular weight is 747 g/mol. The number of Topliss-reactive ketones (excluding diaryl/α,β-unsaturated/α-hetero) is 2. The van der Waals surface area contributed by atoms with Crippen molar-refractivity contribution in [3.05, 3.63) is 41.0 Å².